The van der Waals surface area contributed by atoms with Gasteiger partial charge < -0.3 is 5.11 Å². The van der Waals surface area contributed by atoms with Crippen molar-refractivity contribution in [2.75, 3.05) is 6.26 Å². The molecule has 0 fully saturated rings. The Balaban J connectivity index is 2.64. The van der Waals surface area contributed by atoms with Crippen molar-refractivity contribution in [2.24, 2.45) is 0 Å². The van der Waals surface area contributed by atoms with Crippen LogP contribution in [-0.4, -0.2) is 17.3 Å². The Hall–Kier alpha value is -1.74. The predicted molar refractivity (Wildman–Crippen MR) is 75.4 cm³/mol. The zero-order valence-electron chi connectivity index (χ0n) is 10.3. The Morgan fingerprint density at radius 2 is 1.72 bits per heavy atom. The van der Waals surface area contributed by atoms with E-state index in [0.29, 0.717) is 5.56 Å². The van der Waals surface area contributed by atoms with Crippen molar-refractivity contribution in [2.45, 2.75) is 11.8 Å². The molecule has 0 saturated carbocycles. The Bertz CT molecular complexity index is 591. The molecule has 0 unspecified atom stereocenters. The fourth-order valence-electron chi connectivity index (χ4n) is 2.03. The van der Waals surface area contributed by atoms with E-state index in [1.165, 1.54) is 0 Å². The number of rotatable bonds is 3. The van der Waals surface area contributed by atoms with Gasteiger partial charge in [0.2, 0.25) is 0 Å². The van der Waals surface area contributed by atoms with E-state index >= 15 is 0 Å². The predicted octanol–water partition coefficient (Wildman–Crippen LogP) is 4.08. The average molecular weight is 258 g/mol. The normalized spacial score (nSPS) is 10.3. The molecule has 0 heterocycles. The molecule has 0 spiro atoms. The van der Waals surface area contributed by atoms with Crippen LogP contribution in [0.4, 0.5) is 0 Å². The molecular formula is C15H14O2S. The highest BCUT2D eigenvalue weighted by Gasteiger charge is 2.12. The summed E-state index contributed by atoms with van der Waals surface area (Å²) in [5, 5.41) is 9.16. The van der Waals surface area contributed by atoms with E-state index in [9.17, 15) is 4.79 Å². The Morgan fingerprint density at radius 3 is 2.39 bits per heavy atom. The fourth-order valence-corrected chi connectivity index (χ4v) is 2.64. The van der Waals surface area contributed by atoms with Crippen LogP contribution in [0.1, 0.15) is 15.9 Å². The molecule has 0 bridgehead atoms. The van der Waals surface area contributed by atoms with Crippen LogP contribution in [0.25, 0.3) is 11.1 Å². The lowest BCUT2D eigenvalue weighted by Crippen LogP contribution is -2.00. The van der Waals surface area contributed by atoms with Crippen LogP contribution < -0.4 is 0 Å². The molecule has 2 aromatic carbocycles. The molecule has 3 heteroatoms. The van der Waals surface area contributed by atoms with Crippen LogP contribution in [0.5, 0.6) is 0 Å². The molecule has 2 aromatic rings. The van der Waals surface area contributed by atoms with E-state index in [4.69, 9.17) is 5.11 Å². The minimum Gasteiger partial charge on any atom is -0.478 e. The minimum absolute atomic E-state index is 0.364. The fraction of sp³-hybridized carbons (Fsp3) is 0.133. The molecule has 0 aliphatic carbocycles. The van der Waals surface area contributed by atoms with E-state index in [1.54, 1.807) is 23.9 Å². The van der Waals surface area contributed by atoms with Crippen molar-refractivity contribution in [3.05, 3.63) is 53.6 Å². The van der Waals surface area contributed by atoms with Gasteiger partial charge >= 0.3 is 5.97 Å². The third kappa shape index (κ3) is 2.27. The number of carbonyl (C=O) groups is 1. The lowest BCUT2D eigenvalue weighted by Gasteiger charge is -2.12. The molecule has 2 rings (SSSR count). The monoisotopic (exact) mass is 258 g/mol. The van der Waals surface area contributed by atoms with Crippen LogP contribution in [0, 0.1) is 6.92 Å². The molecule has 0 amide bonds. The maximum atomic E-state index is 11.2. The zero-order valence-corrected chi connectivity index (χ0v) is 11.1. The van der Waals surface area contributed by atoms with Crippen molar-refractivity contribution in [1.82, 2.24) is 0 Å². The standard InChI is InChI=1S/C15H14O2S/c1-10-11(7-5-8-12(10)15(16)17)13-6-3-4-9-14(13)18-2/h3-9H,1-2H3,(H,16,17). The topological polar surface area (TPSA) is 37.3 Å². The summed E-state index contributed by atoms with van der Waals surface area (Å²) in [6.07, 6.45) is 2.02. The second kappa shape index (κ2) is 5.27. The summed E-state index contributed by atoms with van der Waals surface area (Å²) in [7, 11) is 0. The smallest absolute Gasteiger partial charge is 0.335 e. The van der Waals surface area contributed by atoms with Crippen LogP contribution in [0.2, 0.25) is 0 Å². The lowest BCUT2D eigenvalue weighted by atomic mass is 9.96. The van der Waals surface area contributed by atoms with Crippen molar-refractivity contribution >= 4 is 17.7 Å². The Kier molecular flexibility index (Phi) is 3.72. The number of carboxylic acids is 1. The summed E-state index contributed by atoms with van der Waals surface area (Å²) >= 11 is 1.67. The number of carboxylic acid groups (broad SMARTS) is 1. The summed E-state index contributed by atoms with van der Waals surface area (Å²) in [6.45, 7) is 1.86. The van der Waals surface area contributed by atoms with Crippen LogP contribution in [0.3, 0.4) is 0 Å². The van der Waals surface area contributed by atoms with Crippen molar-refractivity contribution in [3.8, 4) is 11.1 Å². The Labute approximate surface area is 111 Å². The van der Waals surface area contributed by atoms with Gasteiger partial charge in [-0.3, -0.25) is 0 Å². The van der Waals surface area contributed by atoms with Crippen LogP contribution in [-0.2, 0) is 0 Å². The molecule has 0 aromatic heterocycles. The van der Waals surface area contributed by atoms with Crippen LogP contribution in [0.15, 0.2) is 47.4 Å². The van der Waals surface area contributed by atoms with Crippen LogP contribution >= 0.6 is 11.8 Å². The minimum atomic E-state index is -0.879. The molecule has 0 atom stereocenters. The van der Waals surface area contributed by atoms with E-state index in [0.717, 1.165) is 21.6 Å². The van der Waals surface area contributed by atoms with E-state index < -0.39 is 5.97 Å². The summed E-state index contributed by atoms with van der Waals surface area (Å²) in [5.74, 6) is -0.879. The molecule has 0 radical (unpaired) electrons. The second-order valence-electron chi connectivity index (χ2n) is 3.98. The van der Waals surface area contributed by atoms with E-state index in [2.05, 4.69) is 0 Å². The zero-order chi connectivity index (χ0) is 13.1. The van der Waals surface area contributed by atoms with Gasteiger partial charge in [0.1, 0.15) is 0 Å². The number of benzene rings is 2. The van der Waals surface area contributed by atoms with E-state index in [-0.39, 0.29) is 0 Å². The third-order valence-corrected chi connectivity index (χ3v) is 3.76. The van der Waals surface area contributed by atoms with Gasteiger partial charge in [-0.05, 0) is 42.0 Å². The molecule has 0 aliphatic heterocycles. The average Bonchev–Trinajstić information content (AvgIpc) is 2.38. The first-order chi connectivity index (χ1) is 8.65. The molecule has 18 heavy (non-hydrogen) atoms. The Morgan fingerprint density at radius 1 is 1.06 bits per heavy atom. The van der Waals surface area contributed by atoms with Gasteiger partial charge in [0.25, 0.3) is 0 Å². The maximum absolute atomic E-state index is 11.2. The van der Waals surface area contributed by atoms with Gasteiger partial charge in [0.15, 0.2) is 0 Å². The van der Waals surface area contributed by atoms with Crippen molar-refractivity contribution in [3.63, 3.8) is 0 Å². The van der Waals surface area contributed by atoms with Gasteiger partial charge in [0, 0.05) is 4.90 Å². The van der Waals surface area contributed by atoms with Gasteiger partial charge in [-0.2, -0.15) is 0 Å². The van der Waals surface area contributed by atoms with Gasteiger partial charge in [-0.1, -0.05) is 30.3 Å². The second-order valence-corrected chi connectivity index (χ2v) is 4.83. The first-order valence-corrected chi connectivity index (χ1v) is 6.84. The highest BCUT2D eigenvalue weighted by Crippen LogP contribution is 2.33. The van der Waals surface area contributed by atoms with Gasteiger partial charge in [-0.15, -0.1) is 11.8 Å². The number of hydrogen-bond acceptors (Lipinski definition) is 2. The molecule has 0 aliphatic rings. The third-order valence-electron chi connectivity index (χ3n) is 2.96. The number of hydrogen-bond donors (Lipinski definition) is 1. The van der Waals surface area contributed by atoms with Gasteiger partial charge in [0.05, 0.1) is 5.56 Å². The quantitative estimate of drug-likeness (QED) is 0.843. The summed E-state index contributed by atoms with van der Waals surface area (Å²) < 4.78 is 0. The summed E-state index contributed by atoms with van der Waals surface area (Å²) in [5.41, 5.74) is 3.25. The largest absolute Gasteiger partial charge is 0.478 e. The first kappa shape index (κ1) is 12.7. The maximum Gasteiger partial charge on any atom is 0.335 e. The molecule has 1 N–H and O–H groups in total. The molecule has 92 valence electrons. The first-order valence-electron chi connectivity index (χ1n) is 5.61. The summed E-state index contributed by atoms with van der Waals surface area (Å²) in [4.78, 5) is 12.3. The van der Waals surface area contributed by atoms with Crippen molar-refractivity contribution in [1.29, 1.82) is 0 Å². The van der Waals surface area contributed by atoms with Crippen molar-refractivity contribution < 1.29 is 9.90 Å². The lowest BCUT2D eigenvalue weighted by molar-refractivity contribution is 0.0696. The summed E-state index contributed by atoms with van der Waals surface area (Å²) in [6, 6.07) is 13.4. The number of thioether (sulfide) groups is 1. The highest BCUT2D eigenvalue weighted by atomic mass is 32.2. The highest BCUT2D eigenvalue weighted by molar-refractivity contribution is 7.98. The van der Waals surface area contributed by atoms with Gasteiger partial charge in [-0.25, -0.2) is 4.79 Å². The number of aromatic carboxylic acids is 1. The molecular weight excluding hydrogens is 244 g/mol. The molecule has 0 saturated heterocycles. The van der Waals surface area contributed by atoms with E-state index in [1.807, 2.05) is 43.5 Å². The SMILES string of the molecule is CSc1ccccc1-c1cccc(C(=O)O)c1C. The molecule has 2 nitrogen and oxygen atoms in total.